The van der Waals surface area contributed by atoms with Gasteiger partial charge in [-0.2, -0.15) is 13.2 Å². The quantitative estimate of drug-likeness (QED) is 0.262. The third-order valence-electron chi connectivity index (χ3n) is 5.79. The zero-order valence-corrected chi connectivity index (χ0v) is 19.5. The molecule has 1 aliphatic carbocycles. The highest BCUT2D eigenvalue weighted by Gasteiger charge is 2.30. The van der Waals surface area contributed by atoms with Gasteiger partial charge in [-0.05, 0) is 75.3 Å². The molecule has 0 aromatic heterocycles. The van der Waals surface area contributed by atoms with Crippen LogP contribution in [0.15, 0.2) is 42.0 Å². The number of esters is 1. The molecule has 1 N–H and O–H groups in total. The van der Waals surface area contributed by atoms with Gasteiger partial charge in [-0.15, -0.1) is 0 Å². The summed E-state index contributed by atoms with van der Waals surface area (Å²) in [6, 6.07) is 6.37. The normalized spacial score (nSPS) is 14.4. The van der Waals surface area contributed by atoms with Gasteiger partial charge in [-0.3, -0.25) is 0 Å². The van der Waals surface area contributed by atoms with E-state index in [0.29, 0.717) is 28.9 Å². The number of benzene rings is 2. The standard InChI is InChI=1S/C27H29F3O4/c1-17(2)8-15-22-23(34-21-6-4-5-7-21)16-19(24(25(22)31)26(32)33-3)12-9-18-10-13-20(14-11-18)27(28,29)30/h8-14,16,21,31H,4-7,15H2,1-3H3. The van der Waals surface area contributed by atoms with Crippen LogP contribution in [0.1, 0.15) is 72.1 Å². The van der Waals surface area contributed by atoms with Gasteiger partial charge in [-0.25, -0.2) is 4.79 Å². The van der Waals surface area contributed by atoms with E-state index < -0.39 is 17.7 Å². The van der Waals surface area contributed by atoms with Crippen molar-refractivity contribution in [3.05, 3.63) is 69.8 Å². The largest absolute Gasteiger partial charge is 0.507 e. The Hall–Kier alpha value is -3.22. The first-order valence-corrected chi connectivity index (χ1v) is 11.2. The van der Waals surface area contributed by atoms with Crippen molar-refractivity contribution in [3.8, 4) is 11.5 Å². The van der Waals surface area contributed by atoms with Crippen molar-refractivity contribution in [2.24, 2.45) is 0 Å². The molecule has 3 rings (SSSR count). The zero-order valence-electron chi connectivity index (χ0n) is 19.5. The van der Waals surface area contributed by atoms with Gasteiger partial charge in [0.2, 0.25) is 0 Å². The lowest BCUT2D eigenvalue weighted by molar-refractivity contribution is -0.137. The maximum absolute atomic E-state index is 12.8. The highest BCUT2D eigenvalue weighted by Crippen LogP contribution is 2.39. The highest BCUT2D eigenvalue weighted by molar-refractivity contribution is 5.98. The van der Waals surface area contributed by atoms with E-state index in [9.17, 15) is 23.1 Å². The number of methoxy groups -OCH3 is 1. The van der Waals surface area contributed by atoms with Crippen molar-refractivity contribution in [2.45, 2.75) is 58.2 Å². The third kappa shape index (κ3) is 6.22. The van der Waals surface area contributed by atoms with Crippen LogP contribution in [0.2, 0.25) is 0 Å². The van der Waals surface area contributed by atoms with Crippen molar-refractivity contribution in [1.29, 1.82) is 0 Å². The first-order valence-electron chi connectivity index (χ1n) is 11.2. The van der Waals surface area contributed by atoms with E-state index >= 15 is 0 Å². The molecule has 0 bridgehead atoms. The van der Waals surface area contributed by atoms with Gasteiger partial charge in [0.1, 0.15) is 17.1 Å². The Morgan fingerprint density at radius 2 is 1.76 bits per heavy atom. The Morgan fingerprint density at radius 3 is 2.32 bits per heavy atom. The predicted molar refractivity (Wildman–Crippen MR) is 126 cm³/mol. The van der Waals surface area contributed by atoms with E-state index in [1.807, 2.05) is 19.9 Å². The Morgan fingerprint density at radius 1 is 1.12 bits per heavy atom. The van der Waals surface area contributed by atoms with Crippen LogP contribution in [0.5, 0.6) is 11.5 Å². The Labute approximate surface area is 197 Å². The molecule has 4 nitrogen and oxygen atoms in total. The molecule has 1 saturated carbocycles. The van der Waals surface area contributed by atoms with E-state index in [1.165, 1.54) is 19.2 Å². The summed E-state index contributed by atoms with van der Waals surface area (Å²) in [5.41, 5.74) is 1.67. The molecule has 0 unspecified atom stereocenters. The number of alkyl halides is 3. The van der Waals surface area contributed by atoms with E-state index in [1.54, 1.807) is 18.2 Å². The number of carbonyl (C=O) groups excluding carboxylic acids is 1. The summed E-state index contributed by atoms with van der Waals surface area (Å²) in [5, 5.41) is 11.1. The van der Waals surface area contributed by atoms with E-state index in [4.69, 9.17) is 9.47 Å². The molecule has 0 heterocycles. The lowest BCUT2D eigenvalue weighted by Crippen LogP contribution is -2.14. The lowest BCUT2D eigenvalue weighted by atomic mass is 9.97. The molecular formula is C27H29F3O4. The molecule has 1 fully saturated rings. The molecule has 0 amide bonds. The fourth-order valence-electron chi connectivity index (χ4n) is 3.92. The highest BCUT2D eigenvalue weighted by atomic mass is 19.4. The molecule has 2 aromatic carbocycles. The fourth-order valence-corrected chi connectivity index (χ4v) is 3.92. The maximum atomic E-state index is 12.8. The molecular weight excluding hydrogens is 445 g/mol. The molecule has 0 aliphatic heterocycles. The zero-order chi connectivity index (χ0) is 24.9. The molecule has 0 spiro atoms. The van der Waals surface area contributed by atoms with Crippen LogP contribution in [0.25, 0.3) is 12.2 Å². The fraction of sp³-hybridized carbons (Fsp3) is 0.370. The minimum Gasteiger partial charge on any atom is -0.507 e. The second-order valence-electron chi connectivity index (χ2n) is 8.62. The van der Waals surface area contributed by atoms with Crippen LogP contribution in [-0.2, 0) is 17.3 Å². The summed E-state index contributed by atoms with van der Waals surface area (Å²) in [7, 11) is 1.23. The van der Waals surface area contributed by atoms with Gasteiger partial charge in [-0.1, -0.05) is 35.9 Å². The average Bonchev–Trinajstić information content (AvgIpc) is 3.29. The number of carbonyl (C=O) groups is 1. The summed E-state index contributed by atoms with van der Waals surface area (Å²) in [5.74, 6) is -0.441. The molecule has 0 radical (unpaired) electrons. The number of halogens is 3. The SMILES string of the molecule is COC(=O)c1c(C=Cc2ccc(C(F)(F)F)cc2)cc(OC2CCCC2)c(CC=C(C)C)c1O. The molecule has 0 atom stereocenters. The predicted octanol–water partition coefficient (Wildman–Crippen LogP) is 7.20. The van der Waals surface area contributed by atoms with Crippen molar-refractivity contribution in [1.82, 2.24) is 0 Å². The average molecular weight is 475 g/mol. The number of phenols is 1. The Balaban J connectivity index is 2.06. The van der Waals surface area contributed by atoms with E-state index in [0.717, 1.165) is 43.4 Å². The molecule has 7 heteroatoms. The summed E-state index contributed by atoms with van der Waals surface area (Å²) < 4.78 is 49.7. The van der Waals surface area contributed by atoms with Crippen LogP contribution < -0.4 is 4.74 Å². The van der Waals surface area contributed by atoms with Crippen LogP contribution in [-0.4, -0.2) is 24.3 Å². The molecule has 1 aliphatic rings. The topological polar surface area (TPSA) is 55.8 Å². The van der Waals surface area contributed by atoms with Gasteiger partial charge in [0.25, 0.3) is 0 Å². The van der Waals surface area contributed by atoms with Gasteiger partial charge in [0.15, 0.2) is 0 Å². The summed E-state index contributed by atoms with van der Waals surface area (Å²) in [6.07, 6.45) is 5.05. The second kappa shape index (κ2) is 10.8. The van der Waals surface area contributed by atoms with Crippen molar-refractivity contribution < 1.29 is 32.5 Å². The maximum Gasteiger partial charge on any atom is 0.416 e. The Kier molecular flexibility index (Phi) is 8.07. The second-order valence-corrected chi connectivity index (χ2v) is 8.62. The van der Waals surface area contributed by atoms with Gasteiger partial charge in [0.05, 0.1) is 18.8 Å². The van der Waals surface area contributed by atoms with Gasteiger partial charge < -0.3 is 14.6 Å². The summed E-state index contributed by atoms with van der Waals surface area (Å²) in [4.78, 5) is 12.6. The van der Waals surface area contributed by atoms with Gasteiger partial charge >= 0.3 is 12.1 Å². The van der Waals surface area contributed by atoms with Crippen LogP contribution in [0.4, 0.5) is 13.2 Å². The number of hydrogen-bond donors (Lipinski definition) is 1. The molecule has 182 valence electrons. The first-order chi connectivity index (χ1) is 16.1. The number of ether oxygens (including phenoxy) is 2. The summed E-state index contributed by atoms with van der Waals surface area (Å²) in [6.45, 7) is 3.88. The van der Waals surface area contributed by atoms with Crippen LogP contribution in [0.3, 0.4) is 0 Å². The number of phenolic OH excluding ortho intramolecular Hbond substituents is 1. The minimum absolute atomic E-state index is 0.0124. The first kappa shape index (κ1) is 25.4. The number of aromatic hydroxyl groups is 1. The number of hydrogen-bond acceptors (Lipinski definition) is 4. The van der Waals surface area contributed by atoms with Gasteiger partial charge in [0, 0.05) is 5.56 Å². The third-order valence-corrected chi connectivity index (χ3v) is 5.79. The lowest BCUT2D eigenvalue weighted by Gasteiger charge is -2.20. The smallest absolute Gasteiger partial charge is 0.416 e. The molecule has 34 heavy (non-hydrogen) atoms. The Bertz CT molecular complexity index is 1070. The molecule has 2 aromatic rings. The van der Waals surface area contributed by atoms with Crippen LogP contribution in [0, 0.1) is 0 Å². The van der Waals surface area contributed by atoms with Crippen molar-refractivity contribution in [3.63, 3.8) is 0 Å². The van der Waals surface area contributed by atoms with E-state index in [2.05, 4.69) is 0 Å². The number of rotatable bonds is 7. The monoisotopic (exact) mass is 474 g/mol. The van der Waals surface area contributed by atoms with Crippen molar-refractivity contribution in [2.75, 3.05) is 7.11 Å². The van der Waals surface area contributed by atoms with Crippen LogP contribution >= 0.6 is 0 Å². The van der Waals surface area contributed by atoms with Crippen molar-refractivity contribution >= 4 is 18.1 Å². The summed E-state index contributed by atoms with van der Waals surface area (Å²) >= 11 is 0. The number of allylic oxidation sites excluding steroid dienone is 2. The van der Waals surface area contributed by atoms with E-state index in [-0.39, 0.29) is 17.4 Å². The minimum atomic E-state index is -4.42. The molecule has 0 saturated heterocycles.